The summed E-state index contributed by atoms with van der Waals surface area (Å²) in [7, 11) is 1.55. The number of amides is 1. The van der Waals surface area contributed by atoms with Crippen molar-refractivity contribution in [1.29, 1.82) is 0 Å². The molecule has 1 amide bonds. The molecule has 1 unspecified atom stereocenters. The van der Waals surface area contributed by atoms with E-state index in [1.807, 2.05) is 0 Å². The predicted molar refractivity (Wildman–Crippen MR) is 59.1 cm³/mol. The minimum absolute atomic E-state index is 0.257. The number of ether oxygens (including phenoxy) is 1. The standard InChI is InChI=1S/C12H15NO3/c1-16-10-4-2-3-8(7-10)11(14)12(15)13-9-5-6-9/h2-4,7,9,11,14H,5-6H2,1H3,(H,13,15). The molecule has 0 bridgehead atoms. The maximum absolute atomic E-state index is 11.6. The number of carbonyl (C=O) groups is 1. The molecule has 16 heavy (non-hydrogen) atoms. The van der Waals surface area contributed by atoms with E-state index < -0.39 is 6.10 Å². The third-order valence-corrected chi connectivity index (χ3v) is 2.58. The van der Waals surface area contributed by atoms with Crippen LogP contribution in [0.2, 0.25) is 0 Å². The minimum Gasteiger partial charge on any atom is -0.497 e. The van der Waals surface area contributed by atoms with Gasteiger partial charge in [0.25, 0.3) is 5.91 Å². The molecule has 0 saturated heterocycles. The highest BCUT2D eigenvalue weighted by atomic mass is 16.5. The van der Waals surface area contributed by atoms with Crippen LogP contribution in [-0.2, 0) is 4.79 Å². The maximum Gasteiger partial charge on any atom is 0.253 e. The molecule has 2 rings (SSSR count). The molecular formula is C12H15NO3. The Balaban J connectivity index is 2.05. The summed E-state index contributed by atoms with van der Waals surface area (Å²) in [6.45, 7) is 0. The van der Waals surface area contributed by atoms with Crippen molar-refractivity contribution in [3.63, 3.8) is 0 Å². The van der Waals surface area contributed by atoms with Crippen LogP contribution in [0.5, 0.6) is 5.75 Å². The van der Waals surface area contributed by atoms with Crippen LogP contribution < -0.4 is 10.1 Å². The summed E-state index contributed by atoms with van der Waals surface area (Å²) in [5.41, 5.74) is 0.553. The third-order valence-electron chi connectivity index (χ3n) is 2.58. The van der Waals surface area contributed by atoms with Crippen LogP contribution in [0, 0.1) is 0 Å². The van der Waals surface area contributed by atoms with Crippen LogP contribution in [0.25, 0.3) is 0 Å². The van der Waals surface area contributed by atoms with Crippen molar-refractivity contribution in [2.24, 2.45) is 0 Å². The normalized spacial score (nSPS) is 16.6. The molecule has 1 aromatic carbocycles. The van der Waals surface area contributed by atoms with Gasteiger partial charge in [0.2, 0.25) is 0 Å². The van der Waals surface area contributed by atoms with Gasteiger partial charge in [0, 0.05) is 6.04 Å². The van der Waals surface area contributed by atoms with E-state index >= 15 is 0 Å². The van der Waals surface area contributed by atoms with Gasteiger partial charge in [0.15, 0.2) is 6.10 Å². The zero-order valence-corrected chi connectivity index (χ0v) is 9.14. The molecule has 0 heterocycles. The van der Waals surface area contributed by atoms with E-state index in [0.29, 0.717) is 11.3 Å². The number of hydrogen-bond acceptors (Lipinski definition) is 3. The van der Waals surface area contributed by atoms with E-state index in [1.165, 1.54) is 0 Å². The first-order valence-electron chi connectivity index (χ1n) is 5.33. The Morgan fingerprint density at radius 1 is 1.56 bits per heavy atom. The van der Waals surface area contributed by atoms with Gasteiger partial charge in [0.1, 0.15) is 5.75 Å². The topological polar surface area (TPSA) is 58.6 Å². The number of aliphatic hydroxyl groups is 1. The summed E-state index contributed by atoms with van der Waals surface area (Å²) in [5.74, 6) is 0.298. The van der Waals surface area contributed by atoms with Gasteiger partial charge in [-0.2, -0.15) is 0 Å². The highest BCUT2D eigenvalue weighted by molar-refractivity contribution is 5.82. The van der Waals surface area contributed by atoms with E-state index in [9.17, 15) is 9.90 Å². The molecule has 4 nitrogen and oxygen atoms in total. The molecule has 1 saturated carbocycles. The molecular weight excluding hydrogens is 206 g/mol. The van der Waals surface area contributed by atoms with Gasteiger partial charge >= 0.3 is 0 Å². The van der Waals surface area contributed by atoms with Crippen molar-refractivity contribution in [3.8, 4) is 5.75 Å². The van der Waals surface area contributed by atoms with Gasteiger partial charge < -0.3 is 15.2 Å². The third kappa shape index (κ3) is 2.52. The van der Waals surface area contributed by atoms with Crippen LogP contribution in [0.1, 0.15) is 24.5 Å². The number of benzene rings is 1. The van der Waals surface area contributed by atoms with Crippen LogP contribution in [0.3, 0.4) is 0 Å². The van der Waals surface area contributed by atoms with Crippen LogP contribution in [0.4, 0.5) is 0 Å². The first-order chi connectivity index (χ1) is 7.70. The fraction of sp³-hybridized carbons (Fsp3) is 0.417. The summed E-state index contributed by atoms with van der Waals surface area (Å²) in [5, 5.41) is 12.6. The molecule has 2 N–H and O–H groups in total. The second-order valence-electron chi connectivity index (χ2n) is 3.96. The van der Waals surface area contributed by atoms with Crippen LogP contribution >= 0.6 is 0 Å². The molecule has 0 aliphatic heterocycles. The lowest BCUT2D eigenvalue weighted by molar-refractivity contribution is -0.129. The van der Waals surface area contributed by atoms with Crippen molar-refractivity contribution in [1.82, 2.24) is 5.32 Å². The molecule has 1 aliphatic rings. The van der Waals surface area contributed by atoms with E-state index in [2.05, 4.69) is 5.32 Å². The van der Waals surface area contributed by atoms with Gasteiger partial charge in [-0.3, -0.25) is 4.79 Å². The maximum atomic E-state index is 11.6. The molecule has 0 spiro atoms. The molecule has 0 radical (unpaired) electrons. The van der Waals surface area contributed by atoms with Gasteiger partial charge in [-0.25, -0.2) is 0 Å². The second-order valence-corrected chi connectivity index (χ2v) is 3.96. The second kappa shape index (κ2) is 4.53. The summed E-state index contributed by atoms with van der Waals surface area (Å²) >= 11 is 0. The van der Waals surface area contributed by atoms with Gasteiger partial charge in [-0.15, -0.1) is 0 Å². The number of methoxy groups -OCH3 is 1. The summed E-state index contributed by atoms with van der Waals surface area (Å²) in [4.78, 5) is 11.6. The highest BCUT2D eigenvalue weighted by Gasteiger charge is 2.27. The molecule has 1 aromatic rings. The predicted octanol–water partition coefficient (Wildman–Crippen LogP) is 1.01. The summed E-state index contributed by atoms with van der Waals surface area (Å²) in [6.07, 6.45) is 0.906. The Morgan fingerprint density at radius 3 is 2.94 bits per heavy atom. The van der Waals surface area contributed by atoms with E-state index in [-0.39, 0.29) is 11.9 Å². The zero-order valence-electron chi connectivity index (χ0n) is 9.14. The first-order valence-corrected chi connectivity index (χ1v) is 5.33. The molecule has 1 fully saturated rings. The molecule has 1 atom stereocenters. The zero-order chi connectivity index (χ0) is 11.5. The Bertz CT molecular complexity index is 388. The fourth-order valence-corrected chi connectivity index (χ4v) is 1.47. The smallest absolute Gasteiger partial charge is 0.253 e. The number of rotatable bonds is 4. The lowest BCUT2D eigenvalue weighted by Crippen LogP contribution is -2.30. The van der Waals surface area contributed by atoms with Crippen molar-refractivity contribution >= 4 is 5.91 Å². The Labute approximate surface area is 94.2 Å². The highest BCUT2D eigenvalue weighted by Crippen LogP contribution is 2.22. The molecule has 1 aliphatic carbocycles. The van der Waals surface area contributed by atoms with E-state index in [0.717, 1.165) is 12.8 Å². The quantitative estimate of drug-likeness (QED) is 0.797. The number of carbonyl (C=O) groups excluding carboxylic acids is 1. The van der Waals surface area contributed by atoms with Crippen molar-refractivity contribution < 1.29 is 14.6 Å². The van der Waals surface area contributed by atoms with Gasteiger partial charge in [-0.05, 0) is 30.5 Å². The fourth-order valence-electron chi connectivity index (χ4n) is 1.47. The number of aliphatic hydroxyl groups excluding tert-OH is 1. The van der Waals surface area contributed by atoms with Crippen LogP contribution in [-0.4, -0.2) is 24.2 Å². The largest absolute Gasteiger partial charge is 0.497 e. The SMILES string of the molecule is COc1cccc(C(O)C(=O)NC2CC2)c1. The van der Waals surface area contributed by atoms with Crippen molar-refractivity contribution in [2.45, 2.75) is 25.0 Å². The number of nitrogens with one attached hydrogen (secondary N) is 1. The summed E-state index contributed by atoms with van der Waals surface area (Å²) < 4.78 is 5.04. The lowest BCUT2D eigenvalue weighted by Gasteiger charge is -2.11. The monoisotopic (exact) mass is 221 g/mol. The first kappa shape index (κ1) is 11.0. The van der Waals surface area contributed by atoms with E-state index in [1.54, 1.807) is 31.4 Å². The Kier molecular flexibility index (Phi) is 3.10. The van der Waals surface area contributed by atoms with Crippen LogP contribution in [0.15, 0.2) is 24.3 Å². The Morgan fingerprint density at radius 2 is 2.31 bits per heavy atom. The van der Waals surface area contributed by atoms with E-state index in [4.69, 9.17) is 4.74 Å². The average molecular weight is 221 g/mol. The van der Waals surface area contributed by atoms with Crippen molar-refractivity contribution in [3.05, 3.63) is 29.8 Å². The van der Waals surface area contributed by atoms with Gasteiger partial charge in [-0.1, -0.05) is 12.1 Å². The lowest BCUT2D eigenvalue weighted by atomic mass is 10.1. The Hall–Kier alpha value is -1.55. The minimum atomic E-state index is -1.12. The molecule has 4 heteroatoms. The van der Waals surface area contributed by atoms with Crippen molar-refractivity contribution in [2.75, 3.05) is 7.11 Å². The number of hydrogen-bond donors (Lipinski definition) is 2. The van der Waals surface area contributed by atoms with Gasteiger partial charge in [0.05, 0.1) is 7.11 Å². The summed E-state index contributed by atoms with van der Waals surface area (Å²) in [6, 6.07) is 7.15. The molecule has 86 valence electrons. The average Bonchev–Trinajstić information content (AvgIpc) is 3.12. The molecule has 0 aromatic heterocycles.